The molecule has 8 heteroatoms. The lowest BCUT2D eigenvalue weighted by atomic mass is 10.1. The first-order valence-corrected chi connectivity index (χ1v) is 9.78. The number of rotatable bonds is 10. The Labute approximate surface area is 166 Å². The summed E-state index contributed by atoms with van der Waals surface area (Å²) in [5.74, 6) is 0.177. The predicted octanol–water partition coefficient (Wildman–Crippen LogP) is 0.113. The molecule has 0 saturated carbocycles. The molecule has 1 aromatic rings. The van der Waals surface area contributed by atoms with Crippen molar-refractivity contribution in [1.29, 1.82) is 0 Å². The number of carbonyl (C=O) groups excluding carboxylic acids is 2. The number of nitrogens with two attached hydrogens (primary N) is 1. The van der Waals surface area contributed by atoms with Gasteiger partial charge in [0.1, 0.15) is 12.4 Å². The van der Waals surface area contributed by atoms with E-state index < -0.39 is 6.04 Å². The molecule has 1 fully saturated rings. The van der Waals surface area contributed by atoms with E-state index in [1.54, 1.807) is 0 Å². The molecule has 4 N–H and O–H groups in total. The van der Waals surface area contributed by atoms with Crippen LogP contribution in [0.1, 0.15) is 19.4 Å². The highest BCUT2D eigenvalue weighted by molar-refractivity contribution is 5.87. The van der Waals surface area contributed by atoms with Gasteiger partial charge in [0.25, 0.3) is 0 Å². The third kappa shape index (κ3) is 7.46. The summed E-state index contributed by atoms with van der Waals surface area (Å²) >= 11 is 0. The van der Waals surface area contributed by atoms with Gasteiger partial charge in [0.2, 0.25) is 11.8 Å². The van der Waals surface area contributed by atoms with Gasteiger partial charge in [-0.1, -0.05) is 32.0 Å². The molecule has 0 radical (unpaired) electrons. The minimum absolute atomic E-state index is 0.0181. The Morgan fingerprint density at radius 3 is 2.64 bits per heavy atom. The first-order valence-electron chi connectivity index (χ1n) is 9.78. The van der Waals surface area contributed by atoms with E-state index in [1.165, 1.54) is 0 Å². The van der Waals surface area contributed by atoms with Gasteiger partial charge in [-0.15, -0.1) is 0 Å². The fourth-order valence-corrected chi connectivity index (χ4v) is 2.74. The Morgan fingerprint density at radius 1 is 1.21 bits per heavy atom. The first kappa shape index (κ1) is 22.1. The fourth-order valence-electron chi connectivity index (χ4n) is 2.74. The van der Waals surface area contributed by atoms with Crippen LogP contribution in [0.5, 0.6) is 5.75 Å². The van der Waals surface area contributed by atoms with E-state index in [1.807, 2.05) is 38.1 Å². The molecular formula is C20H32N4O4. The number of nitrogens with one attached hydrogen (secondary N) is 2. The van der Waals surface area contributed by atoms with E-state index >= 15 is 0 Å². The lowest BCUT2D eigenvalue weighted by Crippen LogP contribution is -2.47. The molecule has 1 aliphatic rings. The van der Waals surface area contributed by atoms with Crippen molar-refractivity contribution in [1.82, 2.24) is 15.5 Å². The smallest absolute Gasteiger partial charge is 0.239 e. The number of benzene rings is 1. The van der Waals surface area contributed by atoms with Crippen LogP contribution in [0.3, 0.4) is 0 Å². The van der Waals surface area contributed by atoms with Gasteiger partial charge in [-0.3, -0.25) is 14.5 Å². The van der Waals surface area contributed by atoms with Crippen LogP contribution < -0.4 is 21.1 Å². The Bertz CT molecular complexity index is 632. The summed E-state index contributed by atoms with van der Waals surface area (Å²) in [4.78, 5) is 26.1. The second kappa shape index (κ2) is 11.6. The molecule has 1 aliphatic heterocycles. The molecule has 1 atom stereocenters. The Balaban J connectivity index is 1.74. The van der Waals surface area contributed by atoms with Gasteiger partial charge >= 0.3 is 0 Å². The number of carbonyl (C=O) groups is 2. The minimum Gasteiger partial charge on any atom is -0.492 e. The maximum absolute atomic E-state index is 12.0. The number of hydrogen-bond acceptors (Lipinski definition) is 6. The molecule has 0 aliphatic carbocycles. The van der Waals surface area contributed by atoms with Crippen molar-refractivity contribution in [2.75, 3.05) is 46.0 Å². The SMILES string of the molecule is CC(C)[C@H](N)C(=O)NCC(=O)NCc1ccccc1OCCN1CCOCC1. The zero-order valence-electron chi connectivity index (χ0n) is 16.8. The van der Waals surface area contributed by atoms with Crippen LogP contribution in [0.15, 0.2) is 24.3 Å². The van der Waals surface area contributed by atoms with E-state index in [4.69, 9.17) is 15.2 Å². The summed E-state index contributed by atoms with van der Waals surface area (Å²) in [5.41, 5.74) is 6.65. The predicted molar refractivity (Wildman–Crippen MR) is 107 cm³/mol. The highest BCUT2D eigenvalue weighted by Gasteiger charge is 2.17. The standard InChI is InChI=1S/C20H32N4O4/c1-15(2)19(21)20(26)23-14-18(25)22-13-16-5-3-4-6-17(16)28-12-9-24-7-10-27-11-8-24/h3-6,15,19H,7-14,21H2,1-2H3,(H,22,25)(H,23,26)/t19-/m0/s1. The summed E-state index contributed by atoms with van der Waals surface area (Å²) in [6.07, 6.45) is 0. The molecule has 156 valence electrons. The third-order valence-corrected chi connectivity index (χ3v) is 4.66. The van der Waals surface area contributed by atoms with Crippen molar-refractivity contribution in [3.63, 3.8) is 0 Å². The van der Waals surface area contributed by atoms with Gasteiger partial charge in [0.05, 0.1) is 25.8 Å². The van der Waals surface area contributed by atoms with Crippen molar-refractivity contribution in [3.8, 4) is 5.75 Å². The normalized spacial score (nSPS) is 15.9. The monoisotopic (exact) mass is 392 g/mol. The highest BCUT2D eigenvalue weighted by Crippen LogP contribution is 2.17. The van der Waals surface area contributed by atoms with Crippen LogP contribution in [0.25, 0.3) is 0 Å². The van der Waals surface area contributed by atoms with Gasteiger partial charge in [-0.25, -0.2) is 0 Å². The van der Waals surface area contributed by atoms with E-state index in [0.29, 0.717) is 13.2 Å². The van der Waals surface area contributed by atoms with Crippen LogP contribution >= 0.6 is 0 Å². The molecule has 1 saturated heterocycles. The Kier molecular flexibility index (Phi) is 9.19. The van der Waals surface area contributed by atoms with E-state index in [9.17, 15) is 9.59 Å². The molecule has 1 aromatic carbocycles. The van der Waals surface area contributed by atoms with Crippen molar-refractivity contribution >= 4 is 11.8 Å². The largest absolute Gasteiger partial charge is 0.492 e. The maximum atomic E-state index is 12.0. The molecule has 8 nitrogen and oxygen atoms in total. The quantitative estimate of drug-likeness (QED) is 0.522. The van der Waals surface area contributed by atoms with Gasteiger partial charge in [0.15, 0.2) is 0 Å². The summed E-state index contributed by atoms with van der Waals surface area (Å²) in [6.45, 7) is 8.75. The first-order chi connectivity index (χ1) is 13.5. The van der Waals surface area contributed by atoms with E-state index in [2.05, 4.69) is 15.5 Å². The van der Waals surface area contributed by atoms with Crippen molar-refractivity contribution in [2.45, 2.75) is 26.4 Å². The number of nitrogens with zero attached hydrogens (tertiary/aromatic N) is 1. The molecule has 28 heavy (non-hydrogen) atoms. The van der Waals surface area contributed by atoms with E-state index in [0.717, 1.165) is 44.2 Å². The molecular weight excluding hydrogens is 360 g/mol. The number of morpholine rings is 1. The number of ether oxygens (including phenoxy) is 2. The molecule has 0 unspecified atom stereocenters. The second-order valence-corrected chi connectivity index (χ2v) is 7.17. The van der Waals surface area contributed by atoms with Gasteiger partial charge < -0.3 is 25.8 Å². The van der Waals surface area contributed by atoms with Crippen LogP contribution in [-0.2, 0) is 20.9 Å². The average Bonchev–Trinajstić information content (AvgIpc) is 2.71. The fraction of sp³-hybridized carbons (Fsp3) is 0.600. The number of hydrogen-bond donors (Lipinski definition) is 3. The van der Waals surface area contributed by atoms with E-state index in [-0.39, 0.29) is 24.3 Å². The van der Waals surface area contributed by atoms with Gasteiger partial charge in [-0.2, -0.15) is 0 Å². The zero-order valence-corrected chi connectivity index (χ0v) is 16.8. The Hall–Kier alpha value is -2.16. The summed E-state index contributed by atoms with van der Waals surface area (Å²) < 4.78 is 11.2. The summed E-state index contributed by atoms with van der Waals surface area (Å²) in [6, 6.07) is 7.00. The van der Waals surface area contributed by atoms with Crippen molar-refractivity contribution in [3.05, 3.63) is 29.8 Å². The zero-order chi connectivity index (χ0) is 20.4. The highest BCUT2D eigenvalue weighted by atomic mass is 16.5. The van der Waals surface area contributed by atoms with Crippen LogP contribution in [0.4, 0.5) is 0 Å². The Morgan fingerprint density at radius 2 is 1.93 bits per heavy atom. The molecule has 2 amide bonds. The molecule has 1 heterocycles. The molecule has 0 spiro atoms. The second-order valence-electron chi connectivity index (χ2n) is 7.17. The molecule has 0 bridgehead atoms. The average molecular weight is 393 g/mol. The van der Waals surface area contributed by atoms with Crippen LogP contribution in [-0.4, -0.2) is 68.8 Å². The minimum atomic E-state index is -0.617. The molecule has 0 aromatic heterocycles. The topological polar surface area (TPSA) is 106 Å². The molecule has 2 rings (SSSR count). The van der Waals surface area contributed by atoms with Gasteiger partial charge in [-0.05, 0) is 12.0 Å². The van der Waals surface area contributed by atoms with Gasteiger partial charge in [0, 0.05) is 31.7 Å². The van der Waals surface area contributed by atoms with Crippen molar-refractivity contribution in [2.24, 2.45) is 11.7 Å². The van der Waals surface area contributed by atoms with Crippen LogP contribution in [0, 0.1) is 5.92 Å². The third-order valence-electron chi connectivity index (χ3n) is 4.66. The van der Waals surface area contributed by atoms with Crippen molar-refractivity contribution < 1.29 is 19.1 Å². The maximum Gasteiger partial charge on any atom is 0.239 e. The summed E-state index contributed by atoms with van der Waals surface area (Å²) in [5, 5.41) is 5.36. The lowest BCUT2D eigenvalue weighted by molar-refractivity contribution is -0.127. The lowest BCUT2D eigenvalue weighted by Gasteiger charge is -2.26. The number of amides is 2. The number of para-hydroxylation sites is 1. The summed E-state index contributed by atoms with van der Waals surface area (Å²) in [7, 11) is 0. The van der Waals surface area contributed by atoms with Crippen LogP contribution in [0.2, 0.25) is 0 Å².